The predicted octanol–water partition coefficient (Wildman–Crippen LogP) is 1.02. The van der Waals surface area contributed by atoms with Crippen LogP contribution in [0, 0.1) is 0 Å². The predicted molar refractivity (Wildman–Crippen MR) is 88.3 cm³/mol. The molecule has 1 amide bonds. The van der Waals surface area contributed by atoms with Crippen LogP contribution in [0.5, 0.6) is 0 Å². The molecular weight excluding hydrogens is 310 g/mol. The van der Waals surface area contributed by atoms with Gasteiger partial charge in [0.1, 0.15) is 5.76 Å². The lowest BCUT2D eigenvalue weighted by Crippen LogP contribution is -2.29. The molecule has 1 atom stereocenters. The van der Waals surface area contributed by atoms with Crippen molar-refractivity contribution >= 4 is 11.9 Å². The zero-order chi connectivity index (χ0) is 17.3. The molecule has 1 N–H and O–H groups in total. The Balaban J connectivity index is 1.75. The van der Waals surface area contributed by atoms with Crippen molar-refractivity contribution in [1.82, 2.24) is 20.0 Å². The quantitative estimate of drug-likeness (QED) is 0.898. The Morgan fingerprint density at radius 2 is 2.25 bits per heavy atom. The summed E-state index contributed by atoms with van der Waals surface area (Å²) in [6.45, 7) is 3.08. The van der Waals surface area contributed by atoms with Gasteiger partial charge in [-0.2, -0.15) is 0 Å². The number of nitrogens with one attached hydrogen (secondary N) is 1. The van der Waals surface area contributed by atoms with Gasteiger partial charge in [0.2, 0.25) is 5.95 Å². The van der Waals surface area contributed by atoms with E-state index in [1.165, 1.54) is 6.07 Å². The third kappa shape index (κ3) is 3.17. The van der Waals surface area contributed by atoms with Gasteiger partial charge in [0.05, 0.1) is 5.69 Å². The highest BCUT2D eigenvalue weighted by Crippen LogP contribution is 2.27. The number of rotatable bonds is 4. The van der Waals surface area contributed by atoms with Gasteiger partial charge in [-0.1, -0.05) is 12.1 Å². The van der Waals surface area contributed by atoms with Gasteiger partial charge in [0.25, 0.3) is 11.5 Å². The van der Waals surface area contributed by atoms with Crippen LogP contribution in [0.1, 0.15) is 41.2 Å². The number of amides is 1. The molecule has 0 radical (unpaired) electrons. The Kier molecular flexibility index (Phi) is 4.37. The molecule has 2 aromatic rings. The first-order valence-corrected chi connectivity index (χ1v) is 8.01. The van der Waals surface area contributed by atoms with Crippen molar-refractivity contribution in [1.29, 1.82) is 0 Å². The molecule has 1 aliphatic rings. The number of anilines is 1. The highest BCUT2D eigenvalue weighted by atomic mass is 16.5. The molecule has 0 aromatic carbocycles. The number of aromatic amines is 1. The van der Waals surface area contributed by atoms with Crippen molar-refractivity contribution in [3.05, 3.63) is 39.6 Å². The molecule has 1 aliphatic heterocycles. The number of hydrogen-bond donors (Lipinski definition) is 1. The SMILES string of the molecule is CCc1cc(C(=O)N2CCC(c3cc(=O)[nH]c(N(C)C)n3)C2)no1. The van der Waals surface area contributed by atoms with E-state index in [4.69, 9.17) is 4.52 Å². The van der Waals surface area contributed by atoms with Gasteiger partial charge in [-0.25, -0.2) is 4.98 Å². The first-order chi connectivity index (χ1) is 11.5. The molecule has 128 valence electrons. The second-order valence-corrected chi connectivity index (χ2v) is 6.16. The Hall–Kier alpha value is -2.64. The number of nitrogens with zero attached hydrogens (tertiary/aromatic N) is 4. The summed E-state index contributed by atoms with van der Waals surface area (Å²) in [7, 11) is 3.64. The Morgan fingerprint density at radius 3 is 2.92 bits per heavy atom. The van der Waals surface area contributed by atoms with E-state index in [2.05, 4.69) is 15.1 Å². The number of H-pyrrole nitrogens is 1. The van der Waals surface area contributed by atoms with Crippen LogP contribution in [-0.4, -0.2) is 53.1 Å². The number of likely N-dealkylation sites (tertiary alicyclic amines) is 1. The summed E-state index contributed by atoms with van der Waals surface area (Å²) >= 11 is 0. The lowest BCUT2D eigenvalue weighted by atomic mass is 10.1. The van der Waals surface area contributed by atoms with Crippen molar-refractivity contribution < 1.29 is 9.32 Å². The molecule has 8 nitrogen and oxygen atoms in total. The van der Waals surface area contributed by atoms with Gasteiger partial charge in [-0.05, 0) is 6.42 Å². The Morgan fingerprint density at radius 1 is 1.46 bits per heavy atom. The first-order valence-electron chi connectivity index (χ1n) is 8.01. The average Bonchev–Trinajstić information content (AvgIpc) is 3.23. The largest absolute Gasteiger partial charge is 0.361 e. The van der Waals surface area contributed by atoms with Crippen molar-refractivity contribution in [2.24, 2.45) is 0 Å². The van der Waals surface area contributed by atoms with Crippen molar-refractivity contribution in [2.75, 3.05) is 32.1 Å². The van der Waals surface area contributed by atoms with E-state index >= 15 is 0 Å². The molecule has 0 spiro atoms. The zero-order valence-electron chi connectivity index (χ0n) is 14.1. The average molecular weight is 331 g/mol. The fourth-order valence-electron chi connectivity index (χ4n) is 2.81. The first kappa shape index (κ1) is 16.2. The van der Waals surface area contributed by atoms with Crippen LogP contribution in [0.2, 0.25) is 0 Å². The summed E-state index contributed by atoms with van der Waals surface area (Å²) in [6.07, 6.45) is 1.47. The summed E-state index contributed by atoms with van der Waals surface area (Å²) in [6, 6.07) is 3.20. The molecule has 2 aromatic heterocycles. The van der Waals surface area contributed by atoms with Crippen LogP contribution in [0.3, 0.4) is 0 Å². The molecule has 24 heavy (non-hydrogen) atoms. The monoisotopic (exact) mass is 331 g/mol. The summed E-state index contributed by atoms with van der Waals surface area (Å²) in [4.78, 5) is 35.0. The van der Waals surface area contributed by atoms with Crippen molar-refractivity contribution in [3.63, 3.8) is 0 Å². The molecule has 8 heteroatoms. The minimum absolute atomic E-state index is 0.0486. The fourth-order valence-corrected chi connectivity index (χ4v) is 2.81. The smallest absolute Gasteiger partial charge is 0.276 e. The van der Waals surface area contributed by atoms with E-state index in [0.29, 0.717) is 42.6 Å². The van der Waals surface area contributed by atoms with E-state index in [1.807, 2.05) is 21.0 Å². The van der Waals surface area contributed by atoms with Gasteiger partial charge in [0.15, 0.2) is 5.69 Å². The number of hydrogen-bond acceptors (Lipinski definition) is 6. The molecule has 1 fully saturated rings. The third-order valence-electron chi connectivity index (χ3n) is 4.19. The minimum Gasteiger partial charge on any atom is -0.361 e. The van der Waals surface area contributed by atoms with E-state index < -0.39 is 0 Å². The maximum atomic E-state index is 12.5. The van der Waals surface area contributed by atoms with Gasteiger partial charge in [0, 0.05) is 51.7 Å². The Bertz CT molecular complexity index is 795. The summed E-state index contributed by atoms with van der Waals surface area (Å²) in [5.74, 6) is 1.12. The lowest BCUT2D eigenvalue weighted by Gasteiger charge is -2.16. The van der Waals surface area contributed by atoms with E-state index in [-0.39, 0.29) is 17.4 Å². The van der Waals surface area contributed by atoms with Crippen molar-refractivity contribution in [3.8, 4) is 0 Å². The Labute approximate surface area is 139 Å². The fraction of sp³-hybridized carbons (Fsp3) is 0.500. The van der Waals surface area contributed by atoms with Gasteiger partial charge < -0.3 is 14.3 Å². The molecule has 1 unspecified atom stereocenters. The molecule has 3 heterocycles. The molecule has 1 saturated heterocycles. The maximum Gasteiger partial charge on any atom is 0.276 e. The van der Waals surface area contributed by atoms with Crippen LogP contribution in [0.25, 0.3) is 0 Å². The molecule has 0 saturated carbocycles. The summed E-state index contributed by atoms with van der Waals surface area (Å²) < 4.78 is 5.10. The third-order valence-corrected chi connectivity index (χ3v) is 4.19. The van der Waals surface area contributed by atoms with Crippen LogP contribution in [-0.2, 0) is 6.42 Å². The normalized spacial score (nSPS) is 17.3. The zero-order valence-corrected chi connectivity index (χ0v) is 14.1. The molecule has 3 rings (SSSR count). The second kappa shape index (κ2) is 6.46. The topological polar surface area (TPSA) is 95.3 Å². The minimum atomic E-state index is -0.183. The highest BCUT2D eigenvalue weighted by molar-refractivity contribution is 5.92. The van der Waals surface area contributed by atoms with Crippen LogP contribution in [0.4, 0.5) is 5.95 Å². The van der Waals surface area contributed by atoms with Crippen LogP contribution in [0.15, 0.2) is 21.5 Å². The maximum absolute atomic E-state index is 12.5. The lowest BCUT2D eigenvalue weighted by molar-refractivity contribution is 0.0780. The number of carbonyl (C=O) groups is 1. The molecular formula is C16H21N5O3. The standard InChI is InChI=1S/C16H21N5O3/c1-4-11-7-13(19-24-11)15(23)21-6-5-10(9-21)12-8-14(22)18-16(17-12)20(2)3/h7-8,10H,4-6,9H2,1-3H3,(H,17,18,22). The number of carbonyl (C=O) groups excluding carboxylic acids is 1. The summed E-state index contributed by atoms with van der Waals surface area (Å²) in [5.41, 5.74) is 0.866. The van der Waals surface area contributed by atoms with Crippen LogP contribution < -0.4 is 10.5 Å². The van der Waals surface area contributed by atoms with E-state index in [9.17, 15) is 9.59 Å². The van der Waals surface area contributed by atoms with Crippen LogP contribution >= 0.6 is 0 Å². The second-order valence-electron chi connectivity index (χ2n) is 6.16. The van der Waals surface area contributed by atoms with Gasteiger partial charge >= 0.3 is 0 Å². The molecule has 0 aliphatic carbocycles. The number of aryl methyl sites for hydroxylation is 1. The highest BCUT2D eigenvalue weighted by Gasteiger charge is 2.30. The van der Waals surface area contributed by atoms with E-state index in [0.717, 1.165) is 6.42 Å². The number of aromatic nitrogens is 3. The van der Waals surface area contributed by atoms with Gasteiger partial charge in [-0.15, -0.1) is 0 Å². The van der Waals surface area contributed by atoms with E-state index in [1.54, 1.807) is 15.9 Å². The molecule has 0 bridgehead atoms. The van der Waals surface area contributed by atoms with Gasteiger partial charge in [-0.3, -0.25) is 14.6 Å². The van der Waals surface area contributed by atoms with Crippen molar-refractivity contribution in [2.45, 2.75) is 25.7 Å². The summed E-state index contributed by atoms with van der Waals surface area (Å²) in [5, 5.41) is 3.84.